The Bertz CT molecular complexity index is 377. The van der Waals surface area contributed by atoms with Gasteiger partial charge >= 0.3 is 0 Å². The highest BCUT2D eigenvalue weighted by atomic mass is 32.2. The smallest absolute Gasteiger partial charge is 0.0627 e. The molecule has 1 aliphatic heterocycles. The molecule has 0 aromatic carbocycles. The lowest BCUT2D eigenvalue weighted by molar-refractivity contribution is 0.362. The molecule has 2 heteroatoms. The van der Waals surface area contributed by atoms with Gasteiger partial charge in [-0.1, -0.05) is 64.7 Å². The monoisotopic (exact) mass is 307 g/mol. The predicted octanol–water partition coefficient (Wildman–Crippen LogP) is 6.19. The van der Waals surface area contributed by atoms with Gasteiger partial charge in [0.05, 0.1) is 17.0 Å². The highest BCUT2D eigenvalue weighted by Gasteiger charge is 2.30. The lowest BCUT2D eigenvalue weighted by Gasteiger charge is -2.40. The molecule has 1 heterocycles. The highest BCUT2D eigenvalue weighted by Crippen LogP contribution is 2.40. The molecule has 21 heavy (non-hydrogen) atoms. The molecule has 120 valence electrons. The average Bonchev–Trinajstić information content (AvgIpc) is 2.55. The number of likely N-dealkylation sites (N-methyl/N-ethyl adjacent to an activating group) is 1. The zero-order valence-corrected chi connectivity index (χ0v) is 15.7. The van der Waals surface area contributed by atoms with Gasteiger partial charge in [0.2, 0.25) is 0 Å². The summed E-state index contributed by atoms with van der Waals surface area (Å²) < 4.78 is 0. The number of thioether (sulfide) groups is 1. The van der Waals surface area contributed by atoms with Crippen molar-refractivity contribution >= 4 is 11.8 Å². The van der Waals surface area contributed by atoms with E-state index in [9.17, 15) is 0 Å². The van der Waals surface area contributed by atoms with Crippen LogP contribution in [0.5, 0.6) is 0 Å². The number of rotatable bonds is 3. The Hall–Kier alpha value is -1.15. The molecule has 0 radical (unpaired) electrons. The number of nitrogens with zero attached hydrogens (tertiary/aromatic N) is 1. The normalized spacial score (nSPS) is 25.0. The van der Waals surface area contributed by atoms with Crippen LogP contribution in [0.2, 0.25) is 0 Å². The molecule has 0 aromatic heterocycles. The lowest BCUT2D eigenvalue weighted by Crippen LogP contribution is -2.40. The second kappa shape index (κ2) is 13.8. The van der Waals surface area contributed by atoms with Crippen molar-refractivity contribution in [2.75, 3.05) is 7.05 Å². The molecule has 0 saturated carbocycles. The van der Waals surface area contributed by atoms with Crippen molar-refractivity contribution in [1.82, 2.24) is 4.90 Å². The zero-order chi connectivity index (χ0) is 16.8. The SMILES string of the molecule is C=C/C=C1\C(=C/C)SC(C=C)C(/C=C\C)N1C.CC.CC. The summed E-state index contributed by atoms with van der Waals surface area (Å²) in [5.74, 6) is 0. The molecule has 1 nitrogen and oxygen atoms in total. The van der Waals surface area contributed by atoms with Gasteiger partial charge in [-0.25, -0.2) is 0 Å². The van der Waals surface area contributed by atoms with Gasteiger partial charge in [0.15, 0.2) is 0 Å². The Labute approximate surface area is 137 Å². The summed E-state index contributed by atoms with van der Waals surface area (Å²) in [7, 11) is 2.12. The molecule has 0 aromatic rings. The summed E-state index contributed by atoms with van der Waals surface area (Å²) in [6.45, 7) is 19.9. The summed E-state index contributed by atoms with van der Waals surface area (Å²) in [6.07, 6.45) is 12.4. The van der Waals surface area contributed by atoms with E-state index < -0.39 is 0 Å². The largest absolute Gasteiger partial charge is 0.366 e. The molecule has 0 bridgehead atoms. The van der Waals surface area contributed by atoms with Crippen LogP contribution < -0.4 is 0 Å². The van der Waals surface area contributed by atoms with Crippen molar-refractivity contribution in [3.8, 4) is 0 Å². The van der Waals surface area contributed by atoms with E-state index in [1.54, 1.807) is 0 Å². The standard InChI is InChI=1S/C15H21NS.2C2H6/c1-6-10-12-14(8-3)17-15(9-4)13(11-7-2)16(12)5;2*1-2/h6-11,13,15H,1,4H2,2-3,5H3;2*1-2H3/b11-7-,12-10+,14-8+;;. The van der Waals surface area contributed by atoms with Gasteiger partial charge in [-0.3, -0.25) is 0 Å². The summed E-state index contributed by atoms with van der Waals surface area (Å²) >= 11 is 1.87. The van der Waals surface area contributed by atoms with Crippen molar-refractivity contribution in [2.24, 2.45) is 0 Å². The Kier molecular flexibility index (Phi) is 14.6. The van der Waals surface area contributed by atoms with Crippen molar-refractivity contribution in [2.45, 2.75) is 52.8 Å². The Morgan fingerprint density at radius 2 is 1.67 bits per heavy atom. The minimum atomic E-state index is 0.359. The van der Waals surface area contributed by atoms with E-state index in [2.05, 4.69) is 63.3 Å². The summed E-state index contributed by atoms with van der Waals surface area (Å²) in [4.78, 5) is 3.58. The number of hydrogen-bond donors (Lipinski definition) is 0. The van der Waals surface area contributed by atoms with Gasteiger partial charge < -0.3 is 4.90 Å². The summed E-state index contributed by atoms with van der Waals surface area (Å²) in [5, 5.41) is 0.393. The molecule has 0 aliphatic carbocycles. The fraction of sp³-hybridized carbons (Fsp3) is 0.474. The van der Waals surface area contributed by atoms with Gasteiger partial charge in [-0.05, 0) is 19.9 Å². The minimum absolute atomic E-state index is 0.359. The second-order valence-corrected chi connectivity index (χ2v) is 5.11. The van der Waals surface area contributed by atoms with Crippen molar-refractivity contribution in [1.29, 1.82) is 0 Å². The number of allylic oxidation sites excluding steroid dienone is 4. The van der Waals surface area contributed by atoms with Crippen LogP contribution in [0.15, 0.2) is 60.2 Å². The maximum absolute atomic E-state index is 3.94. The van der Waals surface area contributed by atoms with Crippen LogP contribution in [0.25, 0.3) is 0 Å². The molecule has 1 rings (SSSR count). The first-order chi connectivity index (χ1) is 10.2. The topological polar surface area (TPSA) is 3.24 Å². The molecule has 2 unspecified atom stereocenters. The van der Waals surface area contributed by atoms with Gasteiger partial charge in [-0.15, -0.1) is 18.3 Å². The molecular weight excluding hydrogens is 274 g/mol. The molecule has 0 N–H and O–H groups in total. The van der Waals surface area contributed by atoms with Gasteiger partial charge in [0.1, 0.15) is 0 Å². The van der Waals surface area contributed by atoms with E-state index in [-0.39, 0.29) is 0 Å². The average molecular weight is 308 g/mol. The molecule has 2 atom stereocenters. The van der Waals surface area contributed by atoms with Crippen LogP contribution in [-0.4, -0.2) is 23.2 Å². The van der Waals surface area contributed by atoms with Crippen LogP contribution >= 0.6 is 11.8 Å². The molecule has 0 spiro atoms. The van der Waals surface area contributed by atoms with Crippen LogP contribution in [0.1, 0.15) is 41.5 Å². The maximum atomic E-state index is 3.94. The van der Waals surface area contributed by atoms with Gasteiger partial charge in [0, 0.05) is 12.0 Å². The van der Waals surface area contributed by atoms with Crippen molar-refractivity contribution in [3.05, 3.63) is 60.2 Å². The molecule has 1 saturated heterocycles. The third kappa shape index (κ3) is 6.43. The van der Waals surface area contributed by atoms with Crippen LogP contribution in [0.4, 0.5) is 0 Å². The molecule has 1 fully saturated rings. The van der Waals surface area contributed by atoms with Crippen LogP contribution in [0, 0.1) is 0 Å². The van der Waals surface area contributed by atoms with E-state index in [0.717, 1.165) is 0 Å². The summed E-state index contributed by atoms with van der Waals surface area (Å²) in [6, 6.07) is 0.359. The first-order valence-corrected chi connectivity index (χ1v) is 8.71. The molecule has 0 amide bonds. The Morgan fingerprint density at radius 1 is 1.10 bits per heavy atom. The first-order valence-electron chi connectivity index (χ1n) is 7.83. The predicted molar refractivity (Wildman–Crippen MR) is 103 cm³/mol. The fourth-order valence-corrected chi connectivity index (χ4v) is 3.25. The van der Waals surface area contributed by atoms with E-state index in [1.807, 2.05) is 51.6 Å². The summed E-state index contributed by atoms with van der Waals surface area (Å²) in [5.41, 5.74) is 1.23. The van der Waals surface area contributed by atoms with Gasteiger partial charge in [0.25, 0.3) is 0 Å². The third-order valence-corrected chi connectivity index (χ3v) is 4.28. The van der Waals surface area contributed by atoms with Crippen molar-refractivity contribution < 1.29 is 0 Å². The minimum Gasteiger partial charge on any atom is -0.366 e. The second-order valence-electron chi connectivity index (χ2n) is 3.89. The van der Waals surface area contributed by atoms with Gasteiger partial charge in [-0.2, -0.15) is 0 Å². The maximum Gasteiger partial charge on any atom is 0.0627 e. The quantitative estimate of drug-likeness (QED) is 0.572. The van der Waals surface area contributed by atoms with Crippen LogP contribution in [0.3, 0.4) is 0 Å². The van der Waals surface area contributed by atoms with E-state index in [1.165, 1.54) is 10.6 Å². The van der Waals surface area contributed by atoms with E-state index in [0.29, 0.717) is 11.3 Å². The molecule has 1 aliphatic rings. The number of hydrogen-bond acceptors (Lipinski definition) is 2. The highest BCUT2D eigenvalue weighted by molar-refractivity contribution is 8.04. The Morgan fingerprint density at radius 3 is 2.05 bits per heavy atom. The third-order valence-electron chi connectivity index (χ3n) is 2.84. The zero-order valence-electron chi connectivity index (χ0n) is 14.9. The fourth-order valence-electron chi connectivity index (χ4n) is 1.98. The Balaban J connectivity index is 0. The van der Waals surface area contributed by atoms with Crippen LogP contribution in [-0.2, 0) is 0 Å². The van der Waals surface area contributed by atoms with E-state index in [4.69, 9.17) is 0 Å². The van der Waals surface area contributed by atoms with E-state index >= 15 is 0 Å². The first kappa shape index (κ1) is 22.1. The lowest BCUT2D eigenvalue weighted by atomic mass is 10.1. The van der Waals surface area contributed by atoms with Crippen molar-refractivity contribution in [3.63, 3.8) is 0 Å². The molecular formula is C19H33NS.